The Hall–Kier alpha value is 0. The third-order valence-corrected chi connectivity index (χ3v) is 5.77. The monoisotopic (exact) mass is 222 g/mol. The van der Waals surface area contributed by atoms with Crippen LogP contribution in [0, 0.1) is 29.1 Å². The van der Waals surface area contributed by atoms with Crippen molar-refractivity contribution in [3.8, 4) is 0 Å². The van der Waals surface area contributed by atoms with Crippen LogP contribution < -0.4 is 0 Å². The van der Waals surface area contributed by atoms with Crippen LogP contribution in [0.2, 0.25) is 0 Å². The minimum absolute atomic E-state index is 0.585. The quantitative estimate of drug-likeness (QED) is 0.610. The lowest BCUT2D eigenvalue weighted by atomic mass is 9.59. The highest BCUT2D eigenvalue weighted by molar-refractivity contribution is 4.93. The zero-order valence-electron chi connectivity index (χ0n) is 11.8. The highest BCUT2D eigenvalue weighted by atomic mass is 14.5. The van der Waals surface area contributed by atoms with E-state index >= 15 is 0 Å². The Morgan fingerprint density at radius 2 is 1.81 bits per heavy atom. The summed E-state index contributed by atoms with van der Waals surface area (Å²) in [4.78, 5) is 0. The molecule has 0 heterocycles. The van der Waals surface area contributed by atoms with E-state index in [0.717, 1.165) is 23.7 Å². The van der Waals surface area contributed by atoms with E-state index in [1.165, 1.54) is 44.9 Å². The molecule has 0 aromatic carbocycles. The third-order valence-electron chi connectivity index (χ3n) is 5.77. The molecule has 0 radical (unpaired) electrons. The van der Waals surface area contributed by atoms with Gasteiger partial charge in [0.2, 0.25) is 0 Å². The van der Waals surface area contributed by atoms with Crippen LogP contribution in [0.15, 0.2) is 0 Å². The fraction of sp³-hybridized carbons (Fsp3) is 1.00. The molecule has 0 bridgehead atoms. The molecule has 0 saturated heterocycles. The van der Waals surface area contributed by atoms with Gasteiger partial charge in [0, 0.05) is 0 Å². The van der Waals surface area contributed by atoms with Crippen molar-refractivity contribution >= 4 is 0 Å². The zero-order chi connectivity index (χ0) is 11.8. The SMILES string of the molecule is CCCC(C)(C)C1CCC2CCCC2C1C. The van der Waals surface area contributed by atoms with Crippen LogP contribution in [0.25, 0.3) is 0 Å². The lowest BCUT2D eigenvalue weighted by Crippen LogP contribution is -2.38. The molecule has 2 fully saturated rings. The summed E-state index contributed by atoms with van der Waals surface area (Å²) in [6.07, 6.45) is 10.4. The van der Waals surface area contributed by atoms with Crippen LogP contribution in [0.5, 0.6) is 0 Å². The van der Waals surface area contributed by atoms with E-state index < -0.39 is 0 Å². The van der Waals surface area contributed by atoms with E-state index in [1.54, 1.807) is 0 Å². The molecule has 2 saturated carbocycles. The van der Waals surface area contributed by atoms with Crippen LogP contribution in [-0.2, 0) is 0 Å². The summed E-state index contributed by atoms with van der Waals surface area (Å²) >= 11 is 0. The fourth-order valence-corrected chi connectivity index (χ4v) is 5.00. The summed E-state index contributed by atoms with van der Waals surface area (Å²) < 4.78 is 0. The van der Waals surface area contributed by atoms with Gasteiger partial charge in [-0.2, -0.15) is 0 Å². The molecule has 4 unspecified atom stereocenters. The minimum Gasteiger partial charge on any atom is -0.0654 e. The number of hydrogen-bond acceptors (Lipinski definition) is 0. The van der Waals surface area contributed by atoms with Crippen LogP contribution in [0.3, 0.4) is 0 Å². The van der Waals surface area contributed by atoms with E-state index in [9.17, 15) is 0 Å². The molecule has 0 nitrogen and oxygen atoms in total. The van der Waals surface area contributed by atoms with Gasteiger partial charge < -0.3 is 0 Å². The molecule has 2 aliphatic rings. The fourth-order valence-electron chi connectivity index (χ4n) is 5.00. The van der Waals surface area contributed by atoms with Crippen LogP contribution in [-0.4, -0.2) is 0 Å². The Balaban J connectivity index is 2.06. The molecule has 94 valence electrons. The normalized spacial score (nSPS) is 39.8. The number of fused-ring (bicyclic) bond motifs is 1. The minimum atomic E-state index is 0.585. The Morgan fingerprint density at radius 1 is 1.06 bits per heavy atom. The standard InChI is InChI=1S/C16H30/c1-5-11-16(3,4)15-10-9-13-7-6-8-14(13)12(15)2/h12-15H,5-11H2,1-4H3. The first-order valence-corrected chi connectivity index (χ1v) is 7.56. The molecule has 0 spiro atoms. The molecule has 0 heteroatoms. The maximum atomic E-state index is 2.56. The smallest absolute Gasteiger partial charge is 0.0323 e. The average Bonchev–Trinajstić information content (AvgIpc) is 2.66. The van der Waals surface area contributed by atoms with E-state index in [1.807, 2.05) is 0 Å². The van der Waals surface area contributed by atoms with Gasteiger partial charge in [0.05, 0.1) is 0 Å². The van der Waals surface area contributed by atoms with Gasteiger partial charge in [-0.1, -0.05) is 47.0 Å². The predicted molar refractivity (Wildman–Crippen MR) is 71.4 cm³/mol. The number of rotatable bonds is 3. The van der Waals surface area contributed by atoms with Crippen molar-refractivity contribution in [2.45, 2.75) is 72.6 Å². The first kappa shape index (κ1) is 12.5. The zero-order valence-corrected chi connectivity index (χ0v) is 11.8. The van der Waals surface area contributed by atoms with Gasteiger partial charge in [-0.3, -0.25) is 0 Å². The second-order valence-electron chi connectivity index (χ2n) is 7.14. The summed E-state index contributed by atoms with van der Waals surface area (Å²) in [5.41, 5.74) is 0.585. The first-order chi connectivity index (χ1) is 7.56. The van der Waals surface area contributed by atoms with E-state index in [-0.39, 0.29) is 0 Å². The Bertz CT molecular complexity index is 228. The van der Waals surface area contributed by atoms with Crippen LogP contribution >= 0.6 is 0 Å². The first-order valence-electron chi connectivity index (χ1n) is 7.56. The Kier molecular flexibility index (Phi) is 3.66. The Morgan fingerprint density at radius 3 is 2.50 bits per heavy atom. The molecule has 2 rings (SSSR count). The molecule has 0 amide bonds. The molecule has 16 heavy (non-hydrogen) atoms. The van der Waals surface area contributed by atoms with Crippen molar-refractivity contribution in [3.05, 3.63) is 0 Å². The molecule has 2 aliphatic carbocycles. The Labute approximate surface area is 102 Å². The molecular formula is C16H30. The van der Waals surface area contributed by atoms with Crippen LogP contribution in [0.1, 0.15) is 72.6 Å². The molecule has 4 atom stereocenters. The molecule has 0 N–H and O–H groups in total. The van der Waals surface area contributed by atoms with Gasteiger partial charge in [0.1, 0.15) is 0 Å². The highest BCUT2D eigenvalue weighted by Gasteiger charge is 2.44. The maximum absolute atomic E-state index is 2.56. The van der Waals surface area contributed by atoms with Crippen molar-refractivity contribution in [1.29, 1.82) is 0 Å². The van der Waals surface area contributed by atoms with Crippen molar-refractivity contribution in [2.75, 3.05) is 0 Å². The molecule has 0 aromatic rings. The molecular weight excluding hydrogens is 192 g/mol. The lowest BCUT2D eigenvalue weighted by Gasteiger charge is -2.46. The summed E-state index contributed by atoms with van der Waals surface area (Å²) in [5.74, 6) is 4.16. The second-order valence-corrected chi connectivity index (χ2v) is 7.14. The topological polar surface area (TPSA) is 0 Å². The van der Waals surface area contributed by atoms with Crippen molar-refractivity contribution < 1.29 is 0 Å². The van der Waals surface area contributed by atoms with Crippen LogP contribution in [0.4, 0.5) is 0 Å². The van der Waals surface area contributed by atoms with E-state index in [0.29, 0.717) is 5.41 Å². The van der Waals surface area contributed by atoms with Crippen molar-refractivity contribution in [2.24, 2.45) is 29.1 Å². The number of hydrogen-bond donors (Lipinski definition) is 0. The van der Waals surface area contributed by atoms with E-state index in [4.69, 9.17) is 0 Å². The molecule has 0 aliphatic heterocycles. The summed E-state index contributed by atoms with van der Waals surface area (Å²) in [7, 11) is 0. The molecule has 0 aromatic heterocycles. The second kappa shape index (κ2) is 4.70. The van der Waals surface area contributed by atoms with Crippen molar-refractivity contribution in [3.63, 3.8) is 0 Å². The summed E-state index contributed by atoms with van der Waals surface area (Å²) in [6.45, 7) is 9.94. The van der Waals surface area contributed by atoms with Gasteiger partial charge in [-0.05, 0) is 54.8 Å². The summed E-state index contributed by atoms with van der Waals surface area (Å²) in [5, 5.41) is 0. The predicted octanol–water partition coefficient (Wildman–Crippen LogP) is 5.28. The third kappa shape index (κ3) is 2.17. The lowest BCUT2D eigenvalue weighted by molar-refractivity contribution is 0.0323. The van der Waals surface area contributed by atoms with Crippen molar-refractivity contribution in [1.82, 2.24) is 0 Å². The highest BCUT2D eigenvalue weighted by Crippen LogP contribution is 2.53. The van der Waals surface area contributed by atoms with Gasteiger partial charge in [0.25, 0.3) is 0 Å². The van der Waals surface area contributed by atoms with Gasteiger partial charge in [-0.25, -0.2) is 0 Å². The van der Waals surface area contributed by atoms with Gasteiger partial charge >= 0.3 is 0 Å². The van der Waals surface area contributed by atoms with Gasteiger partial charge in [0.15, 0.2) is 0 Å². The maximum Gasteiger partial charge on any atom is -0.0323 e. The van der Waals surface area contributed by atoms with E-state index in [2.05, 4.69) is 27.7 Å². The average molecular weight is 222 g/mol. The largest absolute Gasteiger partial charge is 0.0654 e. The summed E-state index contributed by atoms with van der Waals surface area (Å²) in [6, 6.07) is 0. The van der Waals surface area contributed by atoms with Gasteiger partial charge in [-0.15, -0.1) is 0 Å².